The zero-order valence-corrected chi connectivity index (χ0v) is 9.78. The van der Waals surface area contributed by atoms with E-state index in [0.29, 0.717) is 12.4 Å². The quantitative estimate of drug-likeness (QED) is 0.863. The Kier molecular flexibility index (Phi) is 3.64. The van der Waals surface area contributed by atoms with Crippen LogP contribution >= 0.6 is 0 Å². The predicted octanol–water partition coefficient (Wildman–Crippen LogP) is 2.89. The Bertz CT molecular complexity index is 643. The Morgan fingerprint density at radius 2 is 1.85 bits per heavy atom. The van der Waals surface area contributed by atoms with E-state index in [1.807, 2.05) is 0 Å². The summed E-state index contributed by atoms with van der Waals surface area (Å²) in [6, 6.07) is 5.66. The second kappa shape index (κ2) is 5.24. The van der Waals surface area contributed by atoms with Crippen molar-refractivity contribution in [1.29, 1.82) is 0 Å². The number of nitrogens with one attached hydrogen (secondary N) is 1. The number of carbonyl (C=O) groups excluding carboxylic acids is 1. The van der Waals surface area contributed by atoms with Crippen LogP contribution in [0.2, 0.25) is 0 Å². The third-order valence-corrected chi connectivity index (χ3v) is 2.32. The highest BCUT2D eigenvalue weighted by Crippen LogP contribution is 2.28. The molecule has 4 nitrogen and oxygen atoms in total. The third kappa shape index (κ3) is 3.08. The number of anilines is 1. The second-order valence-corrected chi connectivity index (χ2v) is 3.72. The van der Waals surface area contributed by atoms with Crippen molar-refractivity contribution in [2.24, 2.45) is 0 Å². The largest absolute Gasteiger partial charge is 0.433 e. The highest BCUT2D eigenvalue weighted by atomic mass is 19.4. The predicted molar refractivity (Wildman–Crippen MR) is 61.4 cm³/mol. The van der Waals surface area contributed by atoms with E-state index in [2.05, 4.69) is 15.3 Å². The van der Waals surface area contributed by atoms with Crippen LogP contribution in [0.3, 0.4) is 0 Å². The Morgan fingerprint density at radius 1 is 1.15 bits per heavy atom. The molecule has 2 aromatic rings. The van der Waals surface area contributed by atoms with Crippen LogP contribution in [-0.2, 0) is 6.18 Å². The molecule has 0 aliphatic carbocycles. The van der Waals surface area contributed by atoms with Gasteiger partial charge in [0.1, 0.15) is 23.7 Å². The summed E-state index contributed by atoms with van der Waals surface area (Å²) in [7, 11) is 0. The minimum Gasteiger partial charge on any atom is -0.306 e. The molecule has 0 radical (unpaired) electrons. The summed E-state index contributed by atoms with van der Waals surface area (Å²) in [6.45, 7) is 0. The molecule has 0 saturated heterocycles. The average Bonchev–Trinajstić information content (AvgIpc) is 2.38. The molecule has 1 aromatic heterocycles. The molecule has 0 atom stereocenters. The van der Waals surface area contributed by atoms with Gasteiger partial charge in [0.2, 0.25) is 0 Å². The molecule has 0 saturated carbocycles. The molecule has 2 rings (SSSR count). The lowest BCUT2D eigenvalue weighted by molar-refractivity contribution is -0.141. The van der Waals surface area contributed by atoms with Crippen LogP contribution < -0.4 is 5.32 Å². The van der Waals surface area contributed by atoms with Gasteiger partial charge in [-0.3, -0.25) is 4.79 Å². The monoisotopic (exact) mass is 285 g/mol. The van der Waals surface area contributed by atoms with Crippen molar-refractivity contribution in [2.45, 2.75) is 6.18 Å². The van der Waals surface area contributed by atoms with Gasteiger partial charge in [-0.15, -0.1) is 0 Å². The third-order valence-electron chi connectivity index (χ3n) is 2.32. The molecule has 8 heteroatoms. The first-order chi connectivity index (χ1) is 9.38. The van der Waals surface area contributed by atoms with Gasteiger partial charge in [0.15, 0.2) is 0 Å². The molecule has 0 aliphatic heterocycles. The molecule has 1 aromatic carbocycles. The highest BCUT2D eigenvalue weighted by molar-refractivity contribution is 6.03. The van der Waals surface area contributed by atoms with Crippen LogP contribution in [0.25, 0.3) is 0 Å². The van der Waals surface area contributed by atoms with Crippen LogP contribution in [0.1, 0.15) is 16.1 Å². The maximum absolute atomic E-state index is 13.3. The fraction of sp³-hybridized carbons (Fsp3) is 0.0833. The SMILES string of the molecule is O=C(Nc1cc(C(F)(F)F)ncn1)c1ccccc1F. The van der Waals surface area contributed by atoms with Crippen molar-refractivity contribution in [3.8, 4) is 0 Å². The molecule has 0 unspecified atom stereocenters. The van der Waals surface area contributed by atoms with Crippen molar-refractivity contribution in [2.75, 3.05) is 5.32 Å². The first-order valence-corrected chi connectivity index (χ1v) is 5.33. The van der Waals surface area contributed by atoms with Crippen molar-refractivity contribution in [3.63, 3.8) is 0 Å². The number of hydrogen-bond donors (Lipinski definition) is 1. The maximum atomic E-state index is 13.3. The highest BCUT2D eigenvalue weighted by Gasteiger charge is 2.33. The lowest BCUT2D eigenvalue weighted by Gasteiger charge is -2.08. The fourth-order valence-electron chi connectivity index (χ4n) is 1.41. The van der Waals surface area contributed by atoms with E-state index >= 15 is 0 Å². The van der Waals surface area contributed by atoms with Gasteiger partial charge in [0.05, 0.1) is 5.56 Å². The molecule has 1 amide bonds. The van der Waals surface area contributed by atoms with Crippen LogP contribution in [0.15, 0.2) is 36.7 Å². The first kappa shape index (κ1) is 13.9. The van der Waals surface area contributed by atoms with E-state index < -0.39 is 23.6 Å². The summed E-state index contributed by atoms with van der Waals surface area (Å²) in [4.78, 5) is 18.2. The minimum atomic E-state index is -4.65. The van der Waals surface area contributed by atoms with Gasteiger partial charge in [-0.2, -0.15) is 13.2 Å². The second-order valence-electron chi connectivity index (χ2n) is 3.72. The molecule has 20 heavy (non-hydrogen) atoms. The van der Waals surface area contributed by atoms with Gasteiger partial charge < -0.3 is 5.32 Å². The lowest BCUT2D eigenvalue weighted by atomic mass is 10.2. The summed E-state index contributed by atoms with van der Waals surface area (Å²) >= 11 is 0. The van der Waals surface area contributed by atoms with Crippen LogP contribution in [-0.4, -0.2) is 15.9 Å². The van der Waals surface area contributed by atoms with Gasteiger partial charge in [0.25, 0.3) is 5.91 Å². The van der Waals surface area contributed by atoms with Gasteiger partial charge in [-0.1, -0.05) is 12.1 Å². The van der Waals surface area contributed by atoms with E-state index in [1.165, 1.54) is 18.2 Å². The van der Waals surface area contributed by atoms with Gasteiger partial charge in [-0.05, 0) is 12.1 Å². The van der Waals surface area contributed by atoms with Crippen molar-refractivity contribution in [3.05, 3.63) is 53.7 Å². The van der Waals surface area contributed by atoms with E-state index in [1.54, 1.807) is 0 Å². The summed E-state index contributed by atoms with van der Waals surface area (Å²) < 4.78 is 50.6. The number of halogens is 4. The van der Waals surface area contributed by atoms with E-state index in [0.717, 1.165) is 6.07 Å². The summed E-state index contributed by atoms with van der Waals surface area (Å²) in [5, 5.41) is 2.08. The number of alkyl halides is 3. The fourth-order valence-corrected chi connectivity index (χ4v) is 1.41. The molecule has 0 aliphatic rings. The summed E-state index contributed by atoms with van der Waals surface area (Å²) in [6.07, 6.45) is -3.99. The Hall–Kier alpha value is -2.51. The van der Waals surface area contributed by atoms with Crippen LogP contribution in [0, 0.1) is 5.82 Å². The molecule has 0 spiro atoms. The zero-order valence-electron chi connectivity index (χ0n) is 9.78. The Labute approximate surface area is 110 Å². The minimum absolute atomic E-state index is 0.292. The molecule has 1 heterocycles. The average molecular weight is 285 g/mol. The first-order valence-electron chi connectivity index (χ1n) is 5.33. The lowest BCUT2D eigenvalue weighted by Crippen LogP contribution is -2.16. The molecule has 1 N–H and O–H groups in total. The van der Waals surface area contributed by atoms with Crippen LogP contribution in [0.4, 0.5) is 23.4 Å². The number of rotatable bonds is 2. The molecule has 0 bridgehead atoms. The standard InChI is InChI=1S/C12H7F4N3O/c13-8-4-2-1-3-7(8)11(20)19-10-5-9(12(14,15)16)17-6-18-10/h1-6H,(H,17,18,19,20). The van der Waals surface area contributed by atoms with E-state index in [4.69, 9.17) is 0 Å². The Balaban J connectivity index is 2.23. The molecule has 104 valence electrons. The molecular weight excluding hydrogens is 278 g/mol. The number of nitrogens with zero attached hydrogens (tertiary/aromatic N) is 2. The van der Waals surface area contributed by atoms with Gasteiger partial charge in [0, 0.05) is 6.07 Å². The van der Waals surface area contributed by atoms with Crippen molar-refractivity contribution >= 4 is 11.7 Å². The number of benzene rings is 1. The number of aromatic nitrogens is 2. The van der Waals surface area contributed by atoms with E-state index in [-0.39, 0.29) is 11.4 Å². The zero-order chi connectivity index (χ0) is 14.8. The number of hydrogen-bond acceptors (Lipinski definition) is 3. The Morgan fingerprint density at radius 3 is 2.50 bits per heavy atom. The normalized spacial score (nSPS) is 11.2. The smallest absolute Gasteiger partial charge is 0.306 e. The number of amides is 1. The molecule has 0 fully saturated rings. The topological polar surface area (TPSA) is 54.9 Å². The number of carbonyl (C=O) groups is 1. The van der Waals surface area contributed by atoms with Crippen molar-refractivity contribution < 1.29 is 22.4 Å². The summed E-state index contributed by atoms with van der Waals surface area (Å²) in [5.74, 6) is -2.04. The van der Waals surface area contributed by atoms with Gasteiger partial charge >= 0.3 is 6.18 Å². The van der Waals surface area contributed by atoms with E-state index in [9.17, 15) is 22.4 Å². The van der Waals surface area contributed by atoms with Gasteiger partial charge in [-0.25, -0.2) is 14.4 Å². The maximum Gasteiger partial charge on any atom is 0.433 e. The summed E-state index contributed by atoms with van der Waals surface area (Å²) in [5.41, 5.74) is -1.49. The van der Waals surface area contributed by atoms with Crippen molar-refractivity contribution in [1.82, 2.24) is 9.97 Å². The van der Waals surface area contributed by atoms with Crippen LogP contribution in [0.5, 0.6) is 0 Å². The molecular formula is C12H7F4N3O.